The van der Waals surface area contributed by atoms with Gasteiger partial charge in [-0.3, -0.25) is 4.79 Å². The monoisotopic (exact) mass is 529 g/mol. The number of anilines is 1. The molecular formula is C23H24IN5O2. The fourth-order valence-electron chi connectivity index (χ4n) is 4.34. The summed E-state index contributed by atoms with van der Waals surface area (Å²) in [5.41, 5.74) is 1.64. The lowest BCUT2D eigenvalue weighted by atomic mass is 10.1. The highest BCUT2D eigenvalue weighted by Gasteiger charge is 2.25. The molecule has 0 radical (unpaired) electrons. The standard InChI is InChI=1S/C23H24IN5O2/c24-19-8-4-3-7-18(19)23(30)29-13-11-28(12-14-29)20-10-9-17(15-25-20)21-26-22(31-27-21)16-5-1-2-6-16/h3-4,7-10,15-16H,1-2,5-6,11-14H2. The van der Waals surface area contributed by atoms with Gasteiger partial charge < -0.3 is 14.3 Å². The molecule has 0 unspecified atom stereocenters. The molecule has 5 rings (SSSR count). The molecule has 2 aromatic heterocycles. The smallest absolute Gasteiger partial charge is 0.255 e. The van der Waals surface area contributed by atoms with Crippen LogP contribution in [0.3, 0.4) is 0 Å². The van der Waals surface area contributed by atoms with Crippen LogP contribution in [0.25, 0.3) is 11.4 Å². The third-order valence-electron chi connectivity index (χ3n) is 6.15. The number of amides is 1. The van der Waals surface area contributed by atoms with Gasteiger partial charge in [-0.05, 0) is 59.7 Å². The summed E-state index contributed by atoms with van der Waals surface area (Å²) in [6.45, 7) is 2.89. The first-order valence-electron chi connectivity index (χ1n) is 10.8. The summed E-state index contributed by atoms with van der Waals surface area (Å²) in [5.74, 6) is 2.78. The van der Waals surface area contributed by atoms with Crippen LogP contribution in [0.15, 0.2) is 47.1 Å². The van der Waals surface area contributed by atoms with Gasteiger partial charge >= 0.3 is 0 Å². The molecule has 0 N–H and O–H groups in total. The summed E-state index contributed by atoms with van der Waals surface area (Å²) in [6, 6.07) is 11.7. The number of benzene rings is 1. The largest absolute Gasteiger partial charge is 0.353 e. The molecule has 0 atom stereocenters. The maximum atomic E-state index is 12.8. The van der Waals surface area contributed by atoms with Gasteiger partial charge in [0, 0.05) is 47.4 Å². The number of aromatic nitrogens is 3. The predicted molar refractivity (Wildman–Crippen MR) is 126 cm³/mol. The molecule has 7 nitrogen and oxygen atoms in total. The van der Waals surface area contributed by atoms with Gasteiger partial charge in [0.05, 0.1) is 5.56 Å². The highest BCUT2D eigenvalue weighted by Crippen LogP contribution is 2.34. The summed E-state index contributed by atoms with van der Waals surface area (Å²) in [7, 11) is 0. The van der Waals surface area contributed by atoms with E-state index in [-0.39, 0.29) is 5.91 Å². The van der Waals surface area contributed by atoms with E-state index in [2.05, 4.69) is 42.6 Å². The summed E-state index contributed by atoms with van der Waals surface area (Å²) in [6.07, 6.45) is 6.56. The molecule has 8 heteroatoms. The zero-order valence-corrected chi connectivity index (χ0v) is 19.4. The van der Waals surface area contributed by atoms with Crippen LogP contribution in [-0.2, 0) is 0 Å². The minimum Gasteiger partial charge on any atom is -0.353 e. The normalized spacial score (nSPS) is 17.3. The van der Waals surface area contributed by atoms with Crippen LogP contribution >= 0.6 is 22.6 Å². The van der Waals surface area contributed by atoms with E-state index in [4.69, 9.17) is 4.52 Å². The van der Waals surface area contributed by atoms with Crippen LogP contribution in [0.2, 0.25) is 0 Å². The van der Waals surface area contributed by atoms with Gasteiger partial charge in [-0.15, -0.1) is 0 Å². The molecule has 1 amide bonds. The van der Waals surface area contributed by atoms with Crippen LogP contribution in [0, 0.1) is 3.57 Å². The van der Waals surface area contributed by atoms with Crippen molar-refractivity contribution in [1.29, 1.82) is 0 Å². The molecule has 3 heterocycles. The van der Waals surface area contributed by atoms with Crippen molar-refractivity contribution in [3.63, 3.8) is 0 Å². The minimum absolute atomic E-state index is 0.100. The summed E-state index contributed by atoms with van der Waals surface area (Å²) in [4.78, 5) is 26.2. The molecule has 2 aliphatic rings. The Labute approximate surface area is 195 Å². The van der Waals surface area contributed by atoms with E-state index < -0.39 is 0 Å². The van der Waals surface area contributed by atoms with E-state index >= 15 is 0 Å². The topological polar surface area (TPSA) is 75.4 Å². The zero-order chi connectivity index (χ0) is 21.2. The average molecular weight is 529 g/mol. The van der Waals surface area contributed by atoms with Gasteiger partial charge in [0.2, 0.25) is 11.7 Å². The number of pyridine rings is 1. The van der Waals surface area contributed by atoms with Crippen LogP contribution in [0.1, 0.15) is 47.8 Å². The maximum Gasteiger partial charge on any atom is 0.255 e. The molecule has 1 saturated heterocycles. The molecule has 0 bridgehead atoms. The molecule has 3 aromatic rings. The van der Waals surface area contributed by atoms with Crippen LogP contribution in [0.4, 0.5) is 5.82 Å². The van der Waals surface area contributed by atoms with Crippen molar-refractivity contribution in [1.82, 2.24) is 20.0 Å². The predicted octanol–water partition coefficient (Wildman–Crippen LogP) is 4.36. The molecule has 160 valence electrons. The second-order valence-electron chi connectivity index (χ2n) is 8.10. The SMILES string of the molecule is O=C(c1ccccc1I)N1CCN(c2ccc(-c3noc(C4CCCC4)n3)cn2)CC1. The minimum atomic E-state index is 0.100. The van der Waals surface area contributed by atoms with Crippen molar-refractivity contribution >= 4 is 34.3 Å². The summed E-state index contributed by atoms with van der Waals surface area (Å²) >= 11 is 2.22. The van der Waals surface area contributed by atoms with E-state index in [9.17, 15) is 4.79 Å². The van der Waals surface area contributed by atoms with Gasteiger partial charge in [0.1, 0.15) is 5.82 Å². The average Bonchev–Trinajstić information content (AvgIpc) is 3.51. The van der Waals surface area contributed by atoms with Crippen LogP contribution < -0.4 is 4.90 Å². The number of halogens is 1. The Hall–Kier alpha value is -2.49. The summed E-state index contributed by atoms with van der Waals surface area (Å²) in [5, 5.41) is 4.15. The molecule has 2 fully saturated rings. The van der Waals surface area contributed by atoms with E-state index in [1.54, 1.807) is 0 Å². The Bertz CT molecular complexity index is 1050. The van der Waals surface area contributed by atoms with Gasteiger partial charge in [-0.25, -0.2) is 4.98 Å². The van der Waals surface area contributed by atoms with Crippen molar-refractivity contribution in [3.8, 4) is 11.4 Å². The van der Waals surface area contributed by atoms with E-state index in [1.807, 2.05) is 47.5 Å². The van der Waals surface area contributed by atoms with Crippen molar-refractivity contribution < 1.29 is 9.32 Å². The molecule has 1 saturated carbocycles. The quantitative estimate of drug-likeness (QED) is 0.468. The molecule has 31 heavy (non-hydrogen) atoms. The first kappa shape index (κ1) is 20.4. The first-order chi connectivity index (χ1) is 15.2. The van der Waals surface area contributed by atoms with Gasteiger partial charge in [-0.1, -0.05) is 30.1 Å². The number of piperazine rings is 1. The Morgan fingerprint density at radius 1 is 1.03 bits per heavy atom. The maximum absolute atomic E-state index is 12.8. The third kappa shape index (κ3) is 4.30. The Morgan fingerprint density at radius 3 is 2.52 bits per heavy atom. The van der Waals surface area contributed by atoms with Gasteiger partial charge in [0.15, 0.2) is 0 Å². The van der Waals surface area contributed by atoms with E-state index in [0.717, 1.165) is 52.3 Å². The Balaban J connectivity index is 1.21. The van der Waals surface area contributed by atoms with Crippen molar-refractivity contribution in [3.05, 3.63) is 57.6 Å². The zero-order valence-electron chi connectivity index (χ0n) is 17.2. The number of carbonyl (C=O) groups is 1. The molecule has 0 spiro atoms. The van der Waals surface area contributed by atoms with Crippen molar-refractivity contribution in [2.75, 3.05) is 31.1 Å². The number of hydrogen-bond donors (Lipinski definition) is 0. The lowest BCUT2D eigenvalue weighted by Gasteiger charge is -2.35. The highest BCUT2D eigenvalue weighted by atomic mass is 127. The van der Waals surface area contributed by atoms with Crippen LogP contribution in [0.5, 0.6) is 0 Å². The highest BCUT2D eigenvalue weighted by molar-refractivity contribution is 14.1. The molecule has 1 aliphatic heterocycles. The van der Waals surface area contributed by atoms with E-state index in [1.165, 1.54) is 12.8 Å². The molecule has 1 aliphatic carbocycles. The number of carbonyl (C=O) groups excluding carboxylic acids is 1. The molecule has 1 aromatic carbocycles. The van der Waals surface area contributed by atoms with Gasteiger partial charge in [0.25, 0.3) is 5.91 Å². The van der Waals surface area contributed by atoms with Crippen molar-refractivity contribution in [2.45, 2.75) is 31.6 Å². The second-order valence-corrected chi connectivity index (χ2v) is 9.26. The van der Waals surface area contributed by atoms with E-state index in [0.29, 0.717) is 24.8 Å². The fourth-order valence-corrected chi connectivity index (χ4v) is 4.96. The van der Waals surface area contributed by atoms with Crippen molar-refractivity contribution in [2.24, 2.45) is 0 Å². The Morgan fingerprint density at radius 2 is 1.81 bits per heavy atom. The number of rotatable bonds is 4. The first-order valence-corrected chi connectivity index (χ1v) is 11.9. The second kappa shape index (κ2) is 8.94. The van der Waals surface area contributed by atoms with Crippen LogP contribution in [-0.4, -0.2) is 52.1 Å². The lowest BCUT2D eigenvalue weighted by molar-refractivity contribution is 0.0745. The number of hydrogen-bond acceptors (Lipinski definition) is 6. The fraction of sp³-hybridized carbons (Fsp3) is 0.391. The number of nitrogens with zero attached hydrogens (tertiary/aromatic N) is 5. The van der Waals surface area contributed by atoms with Gasteiger partial charge in [-0.2, -0.15) is 4.98 Å². The summed E-state index contributed by atoms with van der Waals surface area (Å²) < 4.78 is 6.48. The Kier molecular flexibility index (Phi) is 5.89. The third-order valence-corrected chi connectivity index (χ3v) is 7.09. The molecular weight excluding hydrogens is 505 g/mol. The lowest BCUT2D eigenvalue weighted by Crippen LogP contribution is -2.49.